The van der Waals surface area contributed by atoms with Gasteiger partial charge in [-0.25, -0.2) is 8.42 Å². The van der Waals surface area contributed by atoms with Crippen molar-refractivity contribution in [2.45, 2.75) is 39.5 Å². The van der Waals surface area contributed by atoms with Crippen molar-refractivity contribution >= 4 is 21.6 Å². The summed E-state index contributed by atoms with van der Waals surface area (Å²) >= 11 is 0. The molecule has 1 amide bonds. The molecular weight excluding hydrogens is 428 g/mol. The van der Waals surface area contributed by atoms with Crippen molar-refractivity contribution < 1.29 is 22.7 Å². The molecule has 2 aromatic carbocycles. The lowest BCUT2D eigenvalue weighted by Gasteiger charge is -2.27. The van der Waals surface area contributed by atoms with Crippen molar-refractivity contribution in [3.8, 4) is 11.5 Å². The van der Waals surface area contributed by atoms with Gasteiger partial charge in [0.15, 0.2) is 11.5 Å². The number of sulfonamides is 1. The second kappa shape index (κ2) is 12.3. The van der Waals surface area contributed by atoms with Crippen LogP contribution in [0.25, 0.3) is 0 Å². The maximum Gasteiger partial charge on any atom is 0.232 e. The van der Waals surface area contributed by atoms with Crippen LogP contribution in [0.4, 0.5) is 5.69 Å². The smallest absolute Gasteiger partial charge is 0.232 e. The fraction of sp³-hybridized carbons (Fsp3) is 0.458. The zero-order valence-electron chi connectivity index (χ0n) is 19.4. The van der Waals surface area contributed by atoms with Gasteiger partial charge >= 0.3 is 0 Å². The SMILES string of the molecule is CCc1cccc(CC)c1N(CCCC(=O)NCCOc1ccccc1OC)S(C)(=O)=O. The van der Waals surface area contributed by atoms with Gasteiger partial charge in [-0.15, -0.1) is 0 Å². The van der Waals surface area contributed by atoms with Crippen molar-refractivity contribution in [1.29, 1.82) is 0 Å². The molecule has 0 spiro atoms. The Morgan fingerprint density at radius 2 is 1.62 bits per heavy atom. The van der Waals surface area contributed by atoms with E-state index in [-0.39, 0.29) is 18.9 Å². The van der Waals surface area contributed by atoms with E-state index >= 15 is 0 Å². The lowest BCUT2D eigenvalue weighted by Crippen LogP contribution is -2.34. The average molecular weight is 463 g/mol. The molecule has 7 nitrogen and oxygen atoms in total. The summed E-state index contributed by atoms with van der Waals surface area (Å²) in [5.74, 6) is 1.12. The molecule has 2 rings (SSSR count). The Bertz CT molecular complexity index is 969. The van der Waals surface area contributed by atoms with Gasteiger partial charge in [0.05, 0.1) is 25.6 Å². The number of benzene rings is 2. The third kappa shape index (κ3) is 7.15. The van der Waals surface area contributed by atoms with Crippen LogP contribution in [-0.4, -0.2) is 47.4 Å². The highest BCUT2D eigenvalue weighted by Crippen LogP contribution is 2.29. The molecule has 0 aliphatic rings. The Labute approximate surface area is 191 Å². The van der Waals surface area contributed by atoms with Crippen LogP contribution >= 0.6 is 0 Å². The lowest BCUT2D eigenvalue weighted by molar-refractivity contribution is -0.121. The lowest BCUT2D eigenvalue weighted by atomic mass is 10.0. The molecule has 0 saturated heterocycles. The number of nitrogens with zero attached hydrogens (tertiary/aromatic N) is 1. The van der Waals surface area contributed by atoms with Gasteiger partial charge in [0.2, 0.25) is 15.9 Å². The molecule has 1 N–H and O–H groups in total. The second-order valence-electron chi connectivity index (χ2n) is 7.42. The van der Waals surface area contributed by atoms with Gasteiger partial charge in [0.25, 0.3) is 0 Å². The molecule has 0 fully saturated rings. The number of rotatable bonds is 13. The van der Waals surface area contributed by atoms with E-state index in [1.807, 2.05) is 50.2 Å². The van der Waals surface area contributed by atoms with Crippen molar-refractivity contribution in [2.24, 2.45) is 0 Å². The molecule has 32 heavy (non-hydrogen) atoms. The summed E-state index contributed by atoms with van der Waals surface area (Å²) in [6, 6.07) is 13.2. The first-order chi connectivity index (χ1) is 15.3. The van der Waals surface area contributed by atoms with Crippen LogP contribution in [0, 0.1) is 0 Å². The highest BCUT2D eigenvalue weighted by molar-refractivity contribution is 7.92. The number of ether oxygens (including phenoxy) is 2. The van der Waals surface area contributed by atoms with Crippen LogP contribution in [0.5, 0.6) is 11.5 Å². The highest BCUT2D eigenvalue weighted by Gasteiger charge is 2.22. The quantitative estimate of drug-likeness (QED) is 0.460. The van der Waals surface area contributed by atoms with Crippen LogP contribution in [0.3, 0.4) is 0 Å². The van der Waals surface area contributed by atoms with E-state index in [9.17, 15) is 13.2 Å². The first kappa shape index (κ1) is 25.5. The summed E-state index contributed by atoms with van der Waals surface area (Å²) in [6.07, 6.45) is 3.35. The standard InChI is InChI=1S/C24H34N2O5S/c1-5-19-11-9-12-20(6-2)24(19)26(32(4,28)29)17-10-15-23(27)25-16-18-31-22-14-8-7-13-21(22)30-3/h7-9,11-14H,5-6,10,15-18H2,1-4H3,(H,25,27). The van der Waals surface area contributed by atoms with Crippen molar-refractivity contribution in [3.63, 3.8) is 0 Å². The molecule has 0 saturated carbocycles. The van der Waals surface area contributed by atoms with E-state index in [1.165, 1.54) is 10.6 Å². The maximum atomic E-state index is 12.5. The van der Waals surface area contributed by atoms with Crippen LogP contribution < -0.4 is 19.1 Å². The van der Waals surface area contributed by atoms with Gasteiger partial charge in [-0.2, -0.15) is 0 Å². The van der Waals surface area contributed by atoms with Gasteiger partial charge in [-0.1, -0.05) is 44.2 Å². The fourth-order valence-corrected chi connectivity index (χ4v) is 4.57. The topological polar surface area (TPSA) is 84.9 Å². The van der Waals surface area contributed by atoms with E-state index in [4.69, 9.17) is 9.47 Å². The summed E-state index contributed by atoms with van der Waals surface area (Å²) in [5, 5.41) is 2.82. The number of methoxy groups -OCH3 is 1. The van der Waals surface area contributed by atoms with E-state index in [0.717, 1.165) is 29.7 Å². The molecule has 0 bridgehead atoms. The minimum absolute atomic E-state index is 0.137. The first-order valence-electron chi connectivity index (χ1n) is 10.9. The Kier molecular flexibility index (Phi) is 9.84. The molecule has 0 atom stereocenters. The van der Waals surface area contributed by atoms with Crippen LogP contribution in [0.2, 0.25) is 0 Å². The Morgan fingerprint density at radius 3 is 2.19 bits per heavy atom. The summed E-state index contributed by atoms with van der Waals surface area (Å²) in [5.41, 5.74) is 2.74. The van der Waals surface area contributed by atoms with E-state index in [2.05, 4.69) is 5.32 Å². The normalized spacial score (nSPS) is 11.1. The largest absolute Gasteiger partial charge is 0.493 e. The van der Waals surface area contributed by atoms with Gasteiger partial charge in [-0.05, 0) is 42.5 Å². The van der Waals surface area contributed by atoms with Crippen molar-refractivity contribution in [3.05, 3.63) is 53.6 Å². The third-order valence-electron chi connectivity index (χ3n) is 5.13. The summed E-state index contributed by atoms with van der Waals surface area (Å²) in [4.78, 5) is 12.2. The number of nitrogens with one attached hydrogen (secondary N) is 1. The zero-order chi connectivity index (χ0) is 23.6. The Morgan fingerprint density at radius 1 is 1.00 bits per heavy atom. The molecule has 0 heterocycles. The number of aryl methyl sites for hydroxylation is 2. The van der Waals surface area contributed by atoms with Gasteiger partial charge < -0.3 is 14.8 Å². The molecular formula is C24H34N2O5S. The Balaban J connectivity index is 1.89. The van der Waals surface area contributed by atoms with E-state index < -0.39 is 10.0 Å². The third-order valence-corrected chi connectivity index (χ3v) is 6.30. The molecule has 0 aromatic heterocycles. The van der Waals surface area contributed by atoms with E-state index in [1.54, 1.807) is 13.2 Å². The number of anilines is 1. The van der Waals surface area contributed by atoms with E-state index in [0.29, 0.717) is 31.1 Å². The van der Waals surface area contributed by atoms with Crippen molar-refractivity contribution in [1.82, 2.24) is 5.32 Å². The summed E-state index contributed by atoms with van der Waals surface area (Å²) in [7, 11) is -1.89. The predicted molar refractivity (Wildman–Crippen MR) is 128 cm³/mol. The predicted octanol–water partition coefficient (Wildman–Crippen LogP) is 3.56. The van der Waals surface area contributed by atoms with Crippen LogP contribution in [-0.2, 0) is 27.7 Å². The molecule has 0 aliphatic carbocycles. The summed E-state index contributed by atoms with van der Waals surface area (Å²) < 4.78 is 37.4. The Hall–Kier alpha value is -2.74. The molecule has 0 radical (unpaired) electrons. The number of amides is 1. The maximum absolute atomic E-state index is 12.5. The average Bonchev–Trinajstić information content (AvgIpc) is 2.78. The molecule has 176 valence electrons. The van der Waals surface area contributed by atoms with Gasteiger partial charge in [0, 0.05) is 13.0 Å². The second-order valence-corrected chi connectivity index (χ2v) is 9.33. The fourth-order valence-electron chi connectivity index (χ4n) is 3.54. The minimum Gasteiger partial charge on any atom is -0.493 e. The first-order valence-corrected chi connectivity index (χ1v) is 12.8. The number of hydrogen-bond acceptors (Lipinski definition) is 5. The number of para-hydroxylation sites is 3. The van der Waals surface area contributed by atoms with Gasteiger partial charge in [-0.3, -0.25) is 9.10 Å². The van der Waals surface area contributed by atoms with Gasteiger partial charge in [0.1, 0.15) is 6.61 Å². The number of hydrogen-bond donors (Lipinski definition) is 1. The number of carbonyl (C=O) groups is 1. The monoisotopic (exact) mass is 462 g/mol. The van der Waals surface area contributed by atoms with Crippen molar-refractivity contribution in [2.75, 3.05) is 37.4 Å². The molecule has 2 aromatic rings. The summed E-state index contributed by atoms with van der Waals surface area (Å²) in [6.45, 7) is 4.95. The molecule has 0 unspecified atom stereocenters. The zero-order valence-corrected chi connectivity index (χ0v) is 20.2. The van der Waals surface area contributed by atoms with Crippen LogP contribution in [0.1, 0.15) is 37.8 Å². The van der Waals surface area contributed by atoms with Crippen LogP contribution in [0.15, 0.2) is 42.5 Å². The minimum atomic E-state index is -3.47. The molecule has 8 heteroatoms. The number of carbonyl (C=O) groups excluding carboxylic acids is 1. The highest BCUT2D eigenvalue weighted by atomic mass is 32.2. The molecule has 0 aliphatic heterocycles.